The molecule has 0 amide bonds. The quantitative estimate of drug-likeness (QED) is 0.114. The van der Waals surface area contributed by atoms with Crippen LogP contribution in [0.4, 0.5) is 34.1 Å². The molecular weight excluding hydrogens is 1290 g/mol. The van der Waals surface area contributed by atoms with Crippen LogP contribution in [0.3, 0.4) is 0 Å². The molecule has 1 spiro atoms. The molecule has 21 rings (SSSR count). The van der Waals surface area contributed by atoms with Crippen molar-refractivity contribution in [2.75, 3.05) is 9.80 Å². The van der Waals surface area contributed by atoms with Gasteiger partial charge < -0.3 is 9.80 Å². The molecule has 0 N–H and O–H groups in total. The van der Waals surface area contributed by atoms with Crippen LogP contribution in [-0.4, -0.2) is 0 Å². The second-order valence-electron chi connectivity index (χ2n) is 28.8. The van der Waals surface area contributed by atoms with Crippen molar-refractivity contribution < 1.29 is 0 Å². The maximum atomic E-state index is 2.59. The lowest BCUT2D eigenvalue weighted by molar-refractivity contribution is 0.768. The fraction of sp³-hybridized carbons (Fsp3) is 0.0286. The summed E-state index contributed by atoms with van der Waals surface area (Å²) in [5, 5.41) is 0. The molecule has 0 bridgehead atoms. The zero-order chi connectivity index (χ0) is 70.6. The molecule has 17 aromatic rings. The largest absolute Gasteiger partial charge is 0.310 e. The summed E-state index contributed by atoms with van der Waals surface area (Å²) in [6.45, 7) is 0. The first-order chi connectivity index (χ1) is 53.1. The van der Waals surface area contributed by atoms with Gasteiger partial charge in [0.05, 0.1) is 27.6 Å². The van der Waals surface area contributed by atoms with E-state index < -0.39 is 16.2 Å². The highest BCUT2D eigenvalue weighted by Crippen LogP contribution is 2.66. The van der Waals surface area contributed by atoms with Gasteiger partial charge in [-0.3, -0.25) is 0 Å². The fourth-order valence-corrected chi connectivity index (χ4v) is 19.4. The van der Waals surface area contributed by atoms with Crippen molar-refractivity contribution in [3.05, 3.63) is 491 Å². The molecule has 0 atom stereocenters. The van der Waals surface area contributed by atoms with Gasteiger partial charge in [0.1, 0.15) is 0 Å². The van der Waals surface area contributed by atoms with Crippen molar-refractivity contribution in [1.29, 1.82) is 0 Å². The number of hydrogen-bond donors (Lipinski definition) is 0. The first-order valence-electron chi connectivity index (χ1n) is 37.3. The van der Waals surface area contributed by atoms with Crippen LogP contribution < -0.4 is 9.80 Å². The van der Waals surface area contributed by atoms with E-state index in [2.05, 4.69) is 434 Å². The van der Waals surface area contributed by atoms with Crippen molar-refractivity contribution >= 4 is 34.1 Å². The molecule has 2 nitrogen and oxygen atoms in total. The highest BCUT2D eigenvalue weighted by Gasteiger charge is 2.53. The van der Waals surface area contributed by atoms with Gasteiger partial charge in [0.15, 0.2) is 0 Å². The molecule has 0 aromatic heterocycles. The Balaban J connectivity index is 0.893. The summed E-state index contributed by atoms with van der Waals surface area (Å²) in [6.07, 6.45) is 0. The summed E-state index contributed by atoms with van der Waals surface area (Å²) < 4.78 is 0. The maximum absolute atomic E-state index is 2.59. The number of anilines is 6. The average molecular weight is 1360 g/mol. The standard InChI is InChI=1S/C105H70N2/c1-7-32-71(33-8-1)73-60-64-80(65-61-73)106(98-58-30-56-96-101(98)88-47-22-26-52-92(88)103(96,76-36-11-3-12-37-76)77-38-13-4-14-39-77)82-68-75(84-49-29-55-95-100(84)87-46-21-28-54-94(87)105(95)90-50-24-19-44-85(90)86-45-20-25-51-91(86)105)69-83(70-82)107(81-66-62-74(63-67-81)72-34-9-2-10-35-72)99-59-31-57-97-102(99)89-48-23-27-53-93(89)104(97,78-40-15-5-16-41-78)79-42-17-6-18-43-79/h1-70H. The lowest BCUT2D eigenvalue weighted by Crippen LogP contribution is -2.28. The van der Waals surface area contributed by atoms with Gasteiger partial charge >= 0.3 is 0 Å². The predicted octanol–water partition coefficient (Wildman–Crippen LogP) is 26.7. The molecular formula is C105H70N2. The van der Waals surface area contributed by atoms with Crippen LogP contribution in [-0.2, 0) is 16.2 Å². The lowest BCUT2D eigenvalue weighted by atomic mass is 9.68. The third kappa shape index (κ3) is 9.13. The first-order valence-corrected chi connectivity index (χ1v) is 37.3. The van der Waals surface area contributed by atoms with Crippen LogP contribution in [0, 0.1) is 0 Å². The summed E-state index contributed by atoms with van der Waals surface area (Å²) in [7, 11) is 0. The number of rotatable bonds is 13. The summed E-state index contributed by atoms with van der Waals surface area (Å²) in [6, 6.07) is 160. The molecule has 0 aliphatic heterocycles. The Morgan fingerprint density at radius 2 is 0.411 bits per heavy atom. The zero-order valence-corrected chi connectivity index (χ0v) is 58.8. The summed E-state index contributed by atoms with van der Waals surface area (Å²) in [5.41, 5.74) is 36.1. The second kappa shape index (κ2) is 24.8. The van der Waals surface area contributed by atoms with Crippen molar-refractivity contribution in [3.8, 4) is 77.9 Å². The van der Waals surface area contributed by atoms with Crippen LogP contribution >= 0.6 is 0 Å². The Bertz CT molecular complexity index is 5870. The monoisotopic (exact) mass is 1360 g/mol. The van der Waals surface area contributed by atoms with E-state index in [4.69, 9.17) is 0 Å². The number of nitrogens with zero attached hydrogens (tertiary/aromatic N) is 2. The molecule has 2 heteroatoms. The smallest absolute Gasteiger partial charge is 0.0725 e. The van der Waals surface area contributed by atoms with Gasteiger partial charge in [0.25, 0.3) is 0 Å². The fourth-order valence-electron chi connectivity index (χ4n) is 19.4. The van der Waals surface area contributed by atoms with Gasteiger partial charge in [-0.25, -0.2) is 0 Å². The Kier molecular flexibility index (Phi) is 14.3. The minimum absolute atomic E-state index is 0.571. The molecule has 4 aliphatic rings. The molecule has 4 aliphatic carbocycles. The van der Waals surface area contributed by atoms with Crippen molar-refractivity contribution in [2.45, 2.75) is 16.2 Å². The van der Waals surface area contributed by atoms with Crippen LogP contribution in [0.25, 0.3) is 77.9 Å². The molecule has 0 unspecified atom stereocenters. The van der Waals surface area contributed by atoms with Gasteiger partial charge in [0.2, 0.25) is 0 Å². The normalized spacial score (nSPS) is 13.6. The van der Waals surface area contributed by atoms with Crippen LogP contribution in [0.5, 0.6) is 0 Å². The molecule has 0 heterocycles. The van der Waals surface area contributed by atoms with E-state index in [9.17, 15) is 0 Å². The third-order valence-corrected chi connectivity index (χ3v) is 23.6. The predicted molar refractivity (Wildman–Crippen MR) is 443 cm³/mol. The minimum Gasteiger partial charge on any atom is -0.310 e. The van der Waals surface area contributed by atoms with Crippen LogP contribution in [0.2, 0.25) is 0 Å². The van der Waals surface area contributed by atoms with E-state index in [0.717, 1.165) is 67.5 Å². The summed E-state index contributed by atoms with van der Waals surface area (Å²) >= 11 is 0. The Morgan fingerprint density at radius 1 is 0.150 bits per heavy atom. The molecule has 0 fully saturated rings. The SMILES string of the molecule is c1ccc(-c2ccc(N(c3cc(-c4cccc5c4-c4ccccc4C54c5ccccc5-c5ccccc54)cc(N(c4ccc(-c5ccccc5)cc4)c4cccc5c4-c4ccccc4C5(c4ccccc4)c4ccccc4)c3)c3cccc4c3-c3ccccc3C4(c3ccccc3)c3ccccc3)cc2)cc1. The molecule has 17 aromatic carbocycles. The maximum Gasteiger partial charge on any atom is 0.0725 e. The zero-order valence-electron chi connectivity index (χ0n) is 58.8. The molecule has 0 saturated carbocycles. The van der Waals surface area contributed by atoms with E-state index in [1.54, 1.807) is 0 Å². The molecule has 107 heavy (non-hydrogen) atoms. The second-order valence-corrected chi connectivity index (χ2v) is 28.8. The van der Waals surface area contributed by atoms with E-state index in [0.29, 0.717) is 0 Å². The minimum atomic E-state index is -0.660. The van der Waals surface area contributed by atoms with Crippen molar-refractivity contribution in [2.24, 2.45) is 0 Å². The van der Waals surface area contributed by atoms with Crippen molar-refractivity contribution in [1.82, 2.24) is 0 Å². The van der Waals surface area contributed by atoms with Crippen LogP contribution in [0.1, 0.15) is 66.8 Å². The van der Waals surface area contributed by atoms with Gasteiger partial charge in [-0.15, -0.1) is 0 Å². The number of fused-ring (bicyclic) bond motifs is 16. The summed E-state index contributed by atoms with van der Waals surface area (Å²) in [5.74, 6) is 0. The van der Waals surface area contributed by atoms with E-state index in [-0.39, 0.29) is 0 Å². The first kappa shape index (κ1) is 62.0. The van der Waals surface area contributed by atoms with E-state index in [1.165, 1.54) is 111 Å². The average Bonchev–Trinajstić information content (AvgIpc) is 1.52. The van der Waals surface area contributed by atoms with Gasteiger partial charge in [-0.2, -0.15) is 0 Å². The third-order valence-electron chi connectivity index (χ3n) is 23.6. The topological polar surface area (TPSA) is 6.48 Å². The number of hydrogen-bond acceptors (Lipinski definition) is 2. The number of benzene rings is 17. The Labute approximate surface area is 625 Å². The van der Waals surface area contributed by atoms with Gasteiger partial charge in [-0.05, 0) is 188 Å². The van der Waals surface area contributed by atoms with E-state index in [1.807, 2.05) is 0 Å². The molecule has 0 saturated heterocycles. The van der Waals surface area contributed by atoms with E-state index >= 15 is 0 Å². The van der Waals surface area contributed by atoms with Gasteiger partial charge in [-0.1, -0.05) is 370 Å². The van der Waals surface area contributed by atoms with Crippen molar-refractivity contribution in [3.63, 3.8) is 0 Å². The highest BCUT2D eigenvalue weighted by molar-refractivity contribution is 6.05. The van der Waals surface area contributed by atoms with Gasteiger partial charge in [0, 0.05) is 33.9 Å². The van der Waals surface area contributed by atoms with Crippen LogP contribution in [0.15, 0.2) is 425 Å². The molecule has 500 valence electrons. The summed E-state index contributed by atoms with van der Waals surface area (Å²) in [4.78, 5) is 5.17. The Hall–Kier alpha value is -13.7. The molecule has 0 radical (unpaired) electrons. The highest BCUT2D eigenvalue weighted by atomic mass is 15.2. The Morgan fingerprint density at radius 3 is 0.785 bits per heavy atom. The lowest BCUT2D eigenvalue weighted by Gasteiger charge is -2.35.